The summed E-state index contributed by atoms with van der Waals surface area (Å²) in [5, 5.41) is 5.96. The van der Waals surface area contributed by atoms with Crippen LogP contribution in [-0.2, 0) is 9.53 Å². The van der Waals surface area contributed by atoms with Gasteiger partial charge in [0.15, 0.2) is 0 Å². The molecule has 0 saturated heterocycles. The summed E-state index contributed by atoms with van der Waals surface area (Å²) in [5.41, 5.74) is -0.193. The molecule has 0 aromatic rings. The van der Waals surface area contributed by atoms with E-state index in [1.165, 1.54) is 0 Å². The van der Waals surface area contributed by atoms with Gasteiger partial charge in [0.2, 0.25) is 5.91 Å². The van der Waals surface area contributed by atoms with Crippen molar-refractivity contribution in [1.29, 1.82) is 0 Å². The minimum Gasteiger partial charge on any atom is -0.444 e. The topological polar surface area (TPSA) is 67.4 Å². The molecule has 0 aromatic carbocycles. The molecule has 0 radical (unpaired) electrons. The highest BCUT2D eigenvalue weighted by Crippen LogP contribution is 2.56. The predicted molar refractivity (Wildman–Crippen MR) is 76.3 cm³/mol. The van der Waals surface area contributed by atoms with E-state index < -0.39 is 5.60 Å². The number of hydrogen-bond donors (Lipinski definition) is 2. The molecule has 5 nitrogen and oxygen atoms in total. The fraction of sp³-hybridized carbons (Fsp3) is 0.867. The summed E-state index contributed by atoms with van der Waals surface area (Å²) in [6.45, 7) is 7.17. The van der Waals surface area contributed by atoms with Gasteiger partial charge >= 0.3 is 6.09 Å². The Morgan fingerprint density at radius 2 is 1.75 bits per heavy atom. The van der Waals surface area contributed by atoms with Crippen molar-refractivity contribution in [2.75, 3.05) is 0 Å². The van der Waals surface area contributed by atoms with Gasteiger partial charge in [0.1, 0.15) is 5.60 Å². The van der Waals surface area contributed by atoms with Crippen LogP contribution in [0, 0.1) is 5.41 Å². The van der Waals surface area contributed by atoms with E-state index in [2.05, 4.69) is 10.6 Å². The van der Waals surface area contributed by atoms with E-state index in [0.717, 1.165) is 32.1 Å². The average Bonchev–Trinajstić information content (AvgIpc) is 2.91. The molecule has 1 spiro atoms. The fourth-order valence-electron chi connectivity index (χ4n) is 3.18. The Labute approximate surface area is 120 Å². The number of hydrogen-bond acceptors (Lipinski definition) is 3. The zero-order chi connectivity index (χ0) is 15.0. The monoisotopic (exact) mass is 282 g/mol. The molecule has 2 aliphatic rings. The Hall–Kier alpha value is -1.26. The van der Waals surface area contributed by atoms with Crippen LogP contribution < -0.4 is 10.6 Å². The molecular weight excluding hydrogens is 256 g/mol. The van der Waals surface area contributed by atoms with Gasteiger partial charge in [-0.1, -0.05) is 0 Å². The van der Waals surface area contributed by atoms with Crippen molar-refractivity contribution >= 4 is 12.0 Å². The third-order valence-electron chi connectivity index (χ3n) is 4.27. The lowest BCUT2D eigenvalue weighted by atomic mass is 9.83. The summed E-state index contributed by atoms with van der Waals surface area (Å²) < 4.78 is 5.29. The number of amides is 2. The molecule has 2 fully saturated rings. The zero-order valence-corrected chi connectivity index (χ0v) is 12.9. The summed E-state index contributed by atoms with van der Waals surface area (Å²) in [6, 6.07) is 0.552. The van der Waals surface area contributed by atoms with Crippen LogP contribution in [-0.4, -0.2) is 29.7 Å². The van der Waals surface area contributed by atoms with Crippen molar-refractivity contribution in [3.63, 3.8) is 0 Å². The summed E-state index contributed by atoms with van der Waals surface area (Å²) in [4.78, 5) is 22.8. The highest BCUT2D eigenvalue weighted by molar-refractivity contribution is 5.73. The van der Waals surface area contributed by atoms with Crippen LogP contribution in [0.25, 0.3) is 0 Å². The quantitative estimate of drug-likeness (QED) is 0.817. The minimum atomic E-state index is -0.449. The molecular formula is C15H26N2O3. The maximum Gasteiger partial charge on any atom is 0.407 e. The maximum atomic E-state index is 11.8. The Kier molecular flexibility index (Phi) is 3.98. The van der Waals surface area contributed by atoms with E-state index in [9.17, 15) is 9.59 Å². The Morgan fingerprint density at radius 3 is 2.25 bits per heavy atom. The van der Waals surface area contributed by atoms with Gasteiger partial charge in [-0.25, -0.2) is 4.79 Å². The molecule has 0 heterocycles. The van der Waals surface area contributed by atoms with Crippen molar-refractivity contribution < 1.29 is 14.3 Å². The molecule has 1 unspecified atom stereocenters. The molecule has 20 heavy (non-hydrogen) atoms. The Bertz CT molecular complexity index is 392. The number of carbonyl (C=O) groups is 2. The first kappa shape index (κ1) is 15.1. The van der Waals surface area contributed by atoms with E-state index in [4.69, 9.17) is 4.74 Å². The largest absolute Gasteiger partial charge is 0.444 e. The number of carbonyl (C=O) groups excluding carboxylic acids is 2. The van der Waals surface area contributed by atoms with Gasteiger partial charge in [-0.3, -0.25) is 4.79 Å². The highest BCUT2D eigenvalue weighted by Gasteiger charge is 2.56. The van der Waals surface area contributed by atoms with E-state index in [-0.39, 0.29) is 23.5 Å². The summed E-state index contributed by atoms with van der Waals surface area (Å²) in [6.07, 6.45) is 4.87. The molecule has 2 rings (SSSR count). The second-order valence-electron chi connectivity index (χ2n) is 7.24. The minimum absolute atomic E-state index is 0.0465. The van der Waals surface area contributed by atoms with Crippen molar-refractivity contribution in [1.82, 2.24) is 10.6 Å². The SMILES string of the molecule is CC(=O)NC1CCC2(CC1)CC2NC(=O)OC(C)(C)C. The van der Waals surface area contributed by atoms with Gasteiger partial charge in [-0.15, -0.1) is 0 Å². The van der Waals surface area contributed by atoms with Crippen LogP contribution >= 0.6 is 0 Å². The number of alkyl carbamates (subject to hydrolysis) is 1. The molecule has 2 amide bonds. The van der Waals surface area contributed by atoms with Gasteiger partial charge in [0, 0.05) is 19.0 Å². The van der Waals surface area contributed by atoms with Crippen LogP contribution in [0.4, 0.5) is 4.79 Å². The maximum absolute atomic E-state index is 11.8. The predicted octanol–water partition coefficient (Wildman–Crippen LogP) is 2.35. The first-order valence-electron chi connectivity index (χ1n) is 7.47. The first-order chi connectivity index (χ1) is 9.20. The molecule has 2 N–H and O–H groups in total. The lowest BCUT2D eigenvalue weighted by molar-refractivity contribution is -0.119. The summed E-state index contributed by atoms with van der Waals surface area (Å²) in [7, 11) is 0. The van der Waals surface area contributed by atoms with Crippen LogP contribution in [0.3, 0.4) is 0 Å². The van der Waals surface area contributed by atoms with Gasteiger partial charge in [0.05, 0.1) is 0 Å². The normalized spacial score (nSPS) is 32.6. The van der Waals surface area contributed by atoms with Gasteiger partial charge in [-0.05, 0) is 58.3 Å². The van der Waals surface area contributed by atoms with E-state index >= 15 is 0 Å². The van der Waals surface area contributed by atoms with Crippen LogP contribution in [0.2, 0.25) is 0 Å². The lowest BCUT2D eigenvalue weighted by Gasteiger charge is -2.30. The van der Waals surface area contributed by atoms with Crippen molar-refractivity contribution in [2.45, 2.75) is 77.5 Å². The third-order valence-corrected chi connectivity index (χ3v) is 4.27. The van der Waals surface area contributed by atoms with Crippen molar-refractivity contribution in [3.05, 3.63) is 0 Å². The molecule has 114 valence electrons. The fourth-order valence-corrected chi connectivity index (χ4v) is 3.18. The molecule has 0 bridgehead atoms. The molecule has 0 aliphatic heterocycles. The van der Waals surface area contributed by atoms with Crippen LogP contribution in [0.1, 0.15) is 59.8 Å². The number of rotatable bonds is 2. The Morgan fingerprint density at radius 1 is 1.15 bits per heavy atom. The standard InChI is InChI=1S/C15H26N2O3/c1-10(18)16-11-5-7-15(8-6-11)9-12(15)17-13(19)20-14(2,3)4/h11-12H,5-9H2,1-4H3,(H,16,18)(H,17,19). The second kappa shape index (κ2) is 5.26. The van der Waals surface area contributed by atoms with Gasteiger partial charge in [0.25, 0.3) is 0 Å². The number of nitrogens with one attached hydrogen (secondary N) is 2. The highest BCUT2D eigenvalue weighted by atomic mass is 16.6. The van der Waals surface area contributed by atoms with E-state index in [1.807, 2.05) is 20.8 Å². The molecule has 2 saturated carbocycles. The smallest absolute Gasteiger partial charge is 0.407 e. The first-order valence-corrected chi connectivity index (χ1v) is 7.47. The zero-order valence-electron chi connectivity index (χ0n) is 12.9. The average molecular weight is 282 g/mol. The molecule has 1 atom stereocenters. The molecule has 2 aliphatic carbocycles. The van der Waals surface area contributed by atoms with E-state index in [0.29, 0.717) is 6.04 Å². The summed E-state index contributed by atoms with van der Waals surface area (Å²) in [5.74, 6) is 0.0465. The van der Waals surface area contributed by atoms with Gasteiger partial charge < -0.3 is 15.4 Å². The molecule has 0 aromatic heterocycles. The molecule has 5 heteroatoms. The van der Waals surface area contributed by atoms with Gasteiger partial charge in [-0.2, -0.15) is 0 Å². The second-order valence-corrected chi connectivity index (χ2v) is 7.24. The summed E-state index contributed by atoms with van der Waals surface area (Å²) >= 11 is 0. The van der Waals surface area contributed by atoms with Crippen LogP contribution in [0.5, 0.6) is 0 Å². The third kappa shape index (κ3) is 3.87. The van der Waals surface area contributed by atoms with E-state index in [1.54, 1.807) is 6.92 Å². The van der Waals surface area contributed by atoms with Crippen molar-refractivity contribution in [2.24, 2.45) is 5.41 Å². The Balaban J connectivity index is 1.75. The van der Waals surface area contributed by atoms with Crippen molar-refractivity contribution in [3.8, 4) is 0 Å². The number of ether oxygens (including phenoxy) is 1. The lowest BCUT2D eigenvalue weighted by Crippen LogP contribution is -2.39. The van der Waals surface area contributed by atoms with Crippen LogP contribution in [0.15, 0.2) is 0 Å².